The second-order valence-corrected chi connectivity index (χ2v) is 8.37. The number of aromatic amines is 1. The van der Waals surface area contributed by atoms with Crippen molar-refractivity contribution < 1.29 is 14.6 Å². The SMILES string of the molecule is Cc1cc(C[C@@H]2CN(C(=O)C(C)(C)Oc3cccc4ccccc34)C[C@H]2O)n[nH]1. The van der Waals surface area contributed by atoms with Crippen molar-refractivity contribution in [2.75, 3.05) is 13.1 Å². The standard InChI is InChI=1S/C23H27N3O3/c1-15-11-18(25-24-15)12-17-13-26(14-20(17)27)22(28)23(2,3)29-21-10-6-8-16-7-4-5-9-19(16)21/h4-11,17,20,27H,12-14H2,1-3H3,(H,24,25)/t17-,20-/m1/s1. The monoisotopic (exact) mass is 393 g/mol. The van der Waals surface area contributed by atoms with Crippen LogP contribution in [0.1, 0.15) is 25.2 Å². The number of ether oxygens (including phenoxy) is 1. The van der Waals surface area contributed by atoms with E-state index < -0.39 is 11.7 Å². The molecule has 0 spiro atoms. The molecule has 2 heterocycles. The molecule has 0 saturated carbocycles. The highest BCUT2D eigenvalue weighted by Gasteiger charge is 2.41. The lowest BCUT2D eigenvalue weighted by Gasteiger charge is -2.30. The second-order valence-electron chi connectivity index (χ2n) is 8.37. The first kappa shape index (κ1) is 19.5. The number of H-pyrrole nitrogens is 1. The largest absolute Gasteiger partial charge is 0.477 e. The quantitative estimate of drug-likeness (QED) is 0.698. The number of hydrogen-bond acceptors (Lipinski definition) is 4. The van der Waals surface area contributed by atoms with Crippen LogP contribution < -0.4 is 4.74 Å². The number of carbonyl (C=O) groups excluding carboxylic acids is 1. The van der Waals surface area contributed by atoms with Crippen molar-refractivity contribution in [2.45, 2.75) is 38.9 Å². The van der Waals surface area contributed by atoms with Crippen LogP contribution in [0.2, 0.25) is 0 Å². The number of amides is 1. The normalized spacial score (nSPS) is 19.7. The van der Waals surface area contributed by atoms with Crippen LogP contribution in [0, 0.1) is 12.8 Å². The van der Waals surface area contributed by atoms with Crippen LogP contribution in [-0.2, 0) is 11.2 Å². The van der Waals surface area contributed by atoms with E-state index in [1.807, 2.05) is 55.5 Å². The zero-order valence-corrected chi connectivity index (χ0v) is 17.1. The smallest absolute Gasteiger partial charge is 0.266 e. The third kappa shape index (κ3) is 3.98. The average molecular weight is 393 g/mol. The Morgan fingerprint density at radius 3 is 2.76 bits per heavy atom. The highest BCUT2D eigenvalue weighted by Crippen LogP contribution is 2.30. The number of aliphatic hydroxyl groups is 1. The number of nitrogens with zero attached hydrogens (tertiary/aromatic N) is 2. The van der Waals surface area contributed by atoms with Crippen molar-refractivity contribution in [1.82, 2.24) is 15.1 Å². The predicted molar refractivity (Wildman–Crippen MR) is 112 cm³/mol. The Morgan fingerprint density at radius 2 is 2.00 bits per heavy atom. The van der Waals surface area contributed by atoms with E-state index in [1.54, 1.807) is 18.7 Å². The fraction of sp³-hybridized carbons (Fsp3) is 0.391. The van der Waals surface area contributed by atoms with Gasteiger partial charge in [0.2, 0.25) is 0 Å². The molecule has 152 valence electrons. The van der Waals surface area contributed by atoms with Gasteiger partial charge in [0.15, 0.2) is 5.60 Å². The number of β-amino-alcohol motifs (C(OH)–C–C–N with tert-alkyl or cyclic N) is 1. The van der Waals surface area contributed by atoms with Crippen molar-refractivity contribution in [3.8, 4) is 5.75 Å². The molecule has 2 N–H and O–H groups in total. The molecule has 2 atom stereocenters. The summed E-state index contributed by atoms with van der Waals surface area (Å²) in [5.41, 5.74) is 0.860. The summed E-state index contributed by atoms with van der Waals surface area (Å²) in [5, 5.41) is 19.7. The number of hydrogen-bond donors (Lipinski definition) is 2. The Morgan fingerprint density at radius 1 is 1.24 bits per heavy atom. The average Bonchev–Trinajstić information content (AvgIpc) is 3.27. The number of aromatic nitrogens is 2. The predicted octanol–water partition coefficient (Wildman–Crippen LogP) is 3.09. The number of fused-ring (bicyclic) bond motifs is 1. The third-order valence-corrected chi connectivity index (χ3v) is 5.55. The summed E-state index contributed by atoms with van der Waals surface area (Å²) in [6.07, 6.45) is 0.0733. The Labute approximate surface area is 170 Å². The number of likely N-dealkylation sites (tertiary alicyclic amines) is 1. The van der Waals surface area contributed by atoms with Crippen molar-refractivity contribution in [1.29, 1.82) is 0 Å². The Bertz CT molecular complexity index is 1020. The summed E-state index contributed by atoms with van der Waals surface area (Å²) >= 11 is 0. The second kappa shape index (κ2) is 7.52. The highest BCUT2D eigenvalue weighted by molar-refractivity contribution is 5.90. The molecule has 1 saturated heterocycles. The lowest BCUT2D eigenvalue weighted by molar-refractivity contribution is -0.144. The van der Waals surface area contributed by atoms with Crippen LogP contribution in [0.3, 0.4) is 0 Å². The van der Waals surface area contributed by atoms with E-state index in [4.69, 9.17) is 4.74 Å². The van der Waals surface area contributed by atoms with E-state index >= 15 is 0 Å². The van der Waals surface area contributed by atoms with E-state index in [0.29, 0.717) is 25.3 Å². The van der Waals surface area contributed by atoms with Gasteiger partial charge in [0.05, 0.1) is 11.8 Å². The fourth-order valence-electron chi connectivity index (χ4n) is 4.05. The molecule has 3 aromatic rings. The van der Waals surface area contributed by atoms with Crippen LogP contribution >= 0.6 is 0 Å². The van der Waals surface area contributed by atoms with Crippen LogP contribution in [0.15, 0.2) is 48.5 Å². The molecule has 4 rings (SSSR count). The molecule has 6 heteroatoms. The summed E-state index contributed by atoms with van der Waals surface area (Å²) in [6, 6.07) is 15.8. The van der Waals surface area contributed by atoms with Crippen LogP contribution in [-0.4, -0.2) is 50.9 Å². The van der Waals surface area contributed by atoms with Gasteiger partial charge in [0, 0.05) is 30.1 Å². The molecule has 0 bridgehead atoms. The highest BCUT2D eigenvalue weighted by atomic mass is 16.5. The number of aryl methyl sites for hydroxylation is 1. The van der Waals surface area contributed by atoms with Gasteiger partial charge < -0.3 is 14.7 Å². The maximum absolute atomic E-state index is 13.2. The van der Waals surface area contributed by atoms with Gasteiger partial charge in [-0.2, -0.15) is 5.10 Å². The molecule has 6 nitrogen and oxygen atoms in total. The maximum Gasteiger partial charge on any atom is 0.266 e. The Kier molecular flexibility index (Phi) is 5.04. The van der Waals surface area contributed by atoms with E-state index in [-0.39, 0.29) is 11.8 Å². The van der Waals surface area contributed by atoms with Crippen molar-refractivity contribution in [3.63, 3.8) is 0 Å². The van der Waals surface area contributed by atoms with E-state index in [2.05, 4.69) is 10.2 Å². The van der Waals surface area contributed by atoms with Crippen molar-refractivity contribution >= 4 is 16.7 Å². The summed E-state index contributed by atoms with van der Waals surface area (Å²) in [5.74, 6) is 0.532. The summed E-state index contributed by atoms with van der Waals surface area (Å²) < 4.78 is 6.19. The van der Waals surface area contributed by atoms with Gasteiger partial charge in [-0.3, -0.25) is 9.89 Å². The van der Waals surface area contributed by atoms with Gasteiger partial charge in [-0.05, 0) is 44.7 Å². The molecule has 1 fully saturated rings. The Balaban J connectivity index is 1.48. The number of aliphatic hydroxyl groups excluding tert-OH is 1. The molecule has 1 amide bonds. The number of nitrogens with one attached hydrogen (secondary N) is 1. The molecule has 1 aliphatic heterocycles. The van der Waals surface area contributed by atoms with Gasteiger partial charge >= 0.3 is 0 Å². The zero-order chi connectivity index (χ0) is 20.6. The van der Waals surface area contributed by atoms with Gasteiger partial charge in [-0.25, -0.2) is 0 Å². The summed E-state index contributed by atoms with van der Waals surface area (Å²) in [4.78, 5) is 14.9. The van der Waals surface area contributed by atoms with E-state index in [0.717, 1.165) is 22.2 Å². The molecule has 29 heavy (non-hydrogen) atoms. The molecule has 0 aliphatic carbocycles. The minimum Gasteiger partial charge on any atom is -0.477 e. The van der Waals surface area contributed by atoms with Gasteiger partial charge in [0.1, 0.15) is 5.75 Å². The van der Waals surface area contributed by atoms with Crippen LogP contribution in [0.4, 0.5) is 0 Å². The molecule has 0 radical (unpaired) electrons. The lowest BCUT2D eigenvalue weighted by atomic mass is 10.00. The van der Waals surface area contributed by atoms with Crippen LogP contribution in [0.5, 0.6) is 5.75 Å². The van der Waals surface area contributed by atoms with Gasteiger partial charge in [0.25, 0.3) is 5.91 Å². The summed E-state index contributed by atoms with van der Waals surface area (Å²) in [6.45, 7) is 6.33. The Hall–Kier alpha value is -2.86. The van der Waals surface area contributed by atoms with Crippen molar-refractivity contribution in [2.24, 2.45) is 5.92 Å². The minimum absolute atomic E-state index is 0.0324. The molecular formula is C23H27N3O3. The van der Waals surface area contributed by atoms with Gasteiger partial charge in [-0.1, -0.05) is 36.4 Å². The zero-order valence-electron chi connectivity index (χ0n) is 17.1. The lowest BCUT2D eigenvalue weighted by Crippen LogP contribution is -2.48. The first-order valence-electron chi connectivity index (χ1n) is 9.98. The number of rotatable bonds is 5. The maximum atomic E-state index is 13.2. The first-order chi connectivity index (χ1) is 13.8. The molecule has 2 aromatic carbocycles. The van der Waals surface area contributed by atoms with Crippen molar-refractivity contribution in [3.05, 3.63) is 59.9 Å². The van der Waals surface area contributed by atoms with Crippen LogP contribution in [0.25, 0.3) is 10.8 Å². The molecule has 1 aromatic heterocycles. The fourth-order valence-corrected chi connectivity index (χ4v) is 4.05. The molecule has 1 aliphatic rings. The minimum atomic E-state index is -1.04. The third-order valence-electron chi connectivity index (χ3n) is 5.55. The number of carbonyl (C=O) groups is 1. The summed E-state index contributed by atoms with van der Waals surface area (Å²) in [7, 11) is 0. The molecular weight excluding hydrogens is 366 g/mol. The molecule has 0 unspecified atom stereocenters. The topological polar surface area (TPSA) is 78.5 Å². The van der Waals surface area contributed by atoms with E-state index in [9.17, 15) is 9.90 Å². The van der Waals surface area contributed by atoms with Gasteiger partial charge in [-0.15, -0.1) is 0 Å². The number of benzene rings is 2. The van der Waals surface area contributed by atoms with E-state index in [1.165, 1.54) is 0 Å². The first-order valence-corrected chi connectivity index (χ1v) is 9.98.